The zero-order chi connectivity index (χ0) is 19.2. The lowest BCUT2D eigenvalue weighted by atomic mass is 10.2. The molecule has 0 atom stereocenters. The van der Waals surface area contributed by atoms with Crippen LogP contribution in [-0.4, -0.2) is 37.4 Å². The van der Waals surface area contributed by atoms with Gasteiger partial charge >= 0.3 is 0 Å². The number of hydrogen-bond acceptors (Lipinski definition) is 7. The van der Waals surface area contributed by atoms with Crippen molar-refractivity contribution in [3.8, 4) is 28.7 Å². The smallest absolute Gasteiger partial charge is 0.251 e. The van der Waals surface area contributed by atoms with Gasteiger partial charge < -0.3 is 23.9 Å². The van der Waals surface area contributed by atoms with E-state index in [0.29, 0.717) is 28.8 Å². The molecule has 1 aromatic heterocycles. The highest BCUT2D eigenvalue weighted by molar-refractivity contribution is 5.94. The molecular weight excluding hydrogens is 350 g/mol. The van der Waals surface area contributed by atoms with Gasteiger partial charge in [-0.1, -0.05) is 0 Å². The highest BCUT2D eigenvalue weighted by Crippen LogP contribution is 2.27. The average Bonchev–Trinajstić information content (AvgIpc) is 3.20. The van der Waals surface area contributed by atoms with Crippen LogP contribution in [0.2, 0.25) is 0 Å². The van der Waals surface area contributed by atoms with Crippen molar-refractivity contribution in [1.82, 2.24) is 15.5 Å². The van der Waals surface area contributed by atoms with Crippen LogP contribution in [0.3, 0.4) is 0 Å². The van der Waals surface area contributed by atoms with Crippen LogP contribution in [-0.2, 0) is 6.54 Å². The van der Waals surface area contributed by atoms with Crippen molar-refractivity contribution in [2.24, 2.45) is 0 Å². The van der Waals surface area contributed by atoms with E-state index in [1.54, 1.807) is 37.4 Å². The SMILES string of the molecule is COc1ccc(-c2nnc(CNC(=O)c3ccc(OC)c(OC)c3)o2)cc1. The normalized spacial score (nSPS) is 10.3. The van der Waals surface area contributed by atoms with Crippen LogP contribution < -0.4 is 19.5 Å². The molecule has 0 saturated heterocycles. The van der Waals surface area contributed by atoms with Gasteiger partial charge in [0, 0.05) is 11.1 Å². The first-order chi connectivity index (χ1) is 13.1. The minimum atomic E-state index is -0.292. The number of methoxy groups -OCH3 is 3. The van der Waals surface area contributed by atoms with Crippen LogP contribution in [0.1, 0.15) is 16.2 Å². The maximum absolute atomic E-state index is 12.3. The van der Waals surface area contributed by atoms with Gasteiger partial charge in [0.2, 0.25) is 11.8 Å². The fraction of sp³-hybridized carbons (Fsp3) is 0.211. The van der Waals surface area contributed by atoms with E-state index in [1.165, 1.54) is 14.2 Å². The molecule has 0 aliphatic carbocycles. The van der Waals surface area contributed by atoms with Crippen LogP contribution in [0.5, 0.6) is 17.2 Å². The van der Waals surface area contributed by atoms with E-state index in [0.717, 1.165) is 11.3 Å². The van der Waals surface area contributed by atoms with E-state index in [2.05, 4.69) is 15.5 Å². The summed E-state index contributed by atoms with van der Waals surface area (Å²) >= 11 is 0. The average molecular weight is 369 g/mol. The van der Waals surface area contributed by atoms with Crippen LogP contribution in [0.15, 0.2) is 46.9 Å². The van der Waals surface area contributed by atoms with Crippen LogP contribution in [0, 0.1) is 0 Å². The predicted molar refractivity (Wildman–Crippen MR) is 97.0 cm³/mol. The Morgan fingerprint density at radius 1 is 0.963 bits per heavy atom. The van der Waals surface area contributed by atoms with Crippen molar-refractivity contribution < 1.29 is 23.4 Å². The number of rotatable bonds is 7. The molecule has 0 spiro atoms. The van der Waals surface area contributed by atoms with Gasteiger partial charge in [-0.15, -0.1) is 10.2 Å². The molecule has 0 aliphatic heterocycles. The number of carbonyl (C=O) groups excluding carboxylic acids is 1. The van der Waals surface area contributed by atoms with E-state index in [-0.39, 0.29) is 12.5 Å². The molecule has 0 saturated carbocycles. The second kappa shape index (κ2) is 8.22. The largest absolute Gasteiger partial charge is 0.497 e. The molecule has 8 nitrogen and oxygen atoms in total. The summed E-state index contributed by atoms with van der Waals surface area (Å²) in [6.45, 7) is 0.107. The Balaban J connectivity index is 1.65. The van der Waals surface area contributed by atoms with Crippen molar-refractivity contribution in [1.29, 1.82) is 0 Å². The minimum Gasteiger partial charge on any atom is -0.497 e. The summed E-state index contributed by atoms with van der Waals surface area (Å²) in [5, 5.41) is 10.7. The number of nitrogens with one attached hydrogen (secondary N) is 1. The number of hydrogen-bond donors (Lipinski definition) is 1. The molecule has 8 heteroatoms. The molecular formula is C19H19N3O5. The zero-order valence-corrected chi connectivity index (χ0v) is 15.2. The maximum atomic E-state index is 12.3. The quantitative estimate of drug-likeness (QED) is 0.684. The summed E-state index contributed by atoms with van der Waals surface area (Å²) in [4.78, 5) is 12.3. The van der Waals surface area contributed by atoms with Crippen molar-refractivity contribution in [3.05, 3.63) is 53.9 Å². The van der Waals surface area contributed by atoms with Gasteiger partial charge in [-0.05, 0) is 42.5 Å². The Bertz CT molecular complexity index is 921. The predicted octanol–water partition coefficient (Wildman–Crippen LogP) is 2.69. The second-order valence-corrected chi connectivity index (χ2v) is 5.48. The Labute approximate surface area is 156 Å². The van der Waals surface area contributed by atoms with Gasteiger partial charge in [0.05, 0.1) is 27.9 Å². The van der Waals surface area contributed by atoms with E-state index in [4.69, 9.17) is 18.6 Å². The van der Waals surface area contributed by atoms with Gasteiger partial charge in [0.1, 0.15) is 5.75 Å². The molecule has 0 aliphatic rings. The molecule has 1 amide bonds. The van der Waals surface area contributed by atoms with Crippen molar-refractivity contribution >= 4 is 5.91 Å². The van der Waals surface area contributed by atoms with Crippen LogP contribution in [0.4, 0.5) is 0 Å². The molecule has 140 valence electrons. The Morgan fingerprint density at radius 3 is 2.37 bits per heavy atom. The molecule has 1 heterocycles. The molecule has 2 aromatic carbocycles. The number of aromatic nitrogens is 2. The lowest BCUT2D eigenvalue weighted by Gasteiger charge is -2.09. The summed E-state index contributed by atoms with van der Waals surface area (Å²) in [7, 11) is 4.65. The van der Waals surface area contributed by atoms with Gasteiger partial charge in [-0.2, -0.15) is 0 Å². The number of carbonyl (C=O) groups is 1. The Morgan fingerprint density at radius 2 is 1.70 bits per heavy atom. The molecule has 3 rings (SSSR count). The van der Waals surface area contributed by atoms with Crippen LogP contribution >= 0.6 is 0 Å². The van der Waals surface area contributed by atoms with Crippen molar-refractivity contribution in [2.75, 3.05) is 21.3 Å². The third-order valence-corrected chi connectivity index (χ3v) is 3.85. The van der Waals surface area contributed by atoms with Crippen LogP contribution in [0.25, 0.3) is 11.5 Å². The molecule has 0 bridgehead atoms. The van der Waals surface area contributed by atoms with Crippen molar-refractivity contribution in [2.45, 2.75) is 6.54 Å². The van der Waals surface area contributed by atoms with Crippen molar-refractivity contribution in [3.63, 3.8) is 0 Å². The summed E-state index contributed by atoms with van der Waals surface area (Å²) in [6, 6.07) is 12.2. The van der Waals surface area contributed by atoms with Gasteiger partial charge in [-0.25, -0.2) is 0 Å². The lowest BCUT2D eigenvalue weighted by Crippen LogP contribution is -2.23. The highest BCUT2D eigenvalue weighted by Gasteiger charge is 2.13. The second-order valence-electron chi connectivity index (χ2n) is 5.48. The molecule has 0 radical (unpaired) electrons. The zero-order valence-electron chi connectivity index (χ0n) is 15.2. The topological polar surface area (TPSA) is 95.7 Å². The Kier molecular flexibility index (Phi) is 5.55. The first kappa shape index (κ1) is 18.2. The first-order valence-corrected chi connectivity index (χ1v) is 8.11. The summed E-state index contributed by atoms with van der Waals surface area (Å²) in [5.74, 6) is 2.14. The van der Waals surface area contributed by atoms with E-state index < -0.39 is 0 Å². The number of nitrogens with zero attached hydrogens (tertiary/aromatic N) is 2. The molecule has 3 aromatic rings. The fourth-order valence-electron chi connectivity index (χ4n) is 2.41. The number of ether oxygens (including phenoxy) is 3. The molecule has 27 heavy (non-hydrogen) atoms. The monoisotopic (exact) mass is 369 g/mol. The first-order valence-electron chi connectivity index (χ1n) is 8.11. The fourth-order valence-corrected chi connectivity index (χ4v) is 2.41. The van der Waals surface area contributed by atoms with E-state index in [9.17, 15) is 4.79 Å². The maximum Gasteiger partial charge on any atom is 0.251 e. The number of benzene rings is 2. The third-order valence-electron chi connectivity index (χ3n) is 3.85. The molecule has 1 N–H and O–H groups in total. The summed E-state index contributed by atoms with van der Waals surface area (Å²) in [6.07, 6.45) is 0. The van der Waals surface area contributed by atoms with E-state index in [1.807, 2.05) is 12.1 Å². The van der Waals surface area contributed by atoms with E-state index >= 15 is 0 Å². The Hall–Kier alpha value is -3.55. The summed E-state index contributed by atoms with van der Waals surface area (Å²) < 4.78 is 21.1. The van der Waals surface area contributed by atoms with Gasteiger partial charge in [0.15, 0.2) is 11.5 Å². The minimum absolute atomic E-state index is 0.107. The van der Waals surface area contributed by atoms with Gasteiger partial charge in [0.25, 0.3) is 5.91 Å². The van der Waals surface area contributed by atoms with Gasteiger partial charge in [-0.3, -0.25) is 4.79 Å². The molecule has 0 unspecified atom stereocenters. The highest BCUT2D eigenvalue weighted by atomic mass is 16.5. The summed E-state index contributed by atoms with van der Waals surface area (Å²) in [5.41, 5.74) is 1.20. The third kappa shape index (κ3) is 4.17. The molecule has 0 fully saturated rings. The lowest BCUT2D eigenvalue weighted by molar-refractivity contribution is 0.0947. The standard InChI is InChI=1S/C19H19N3O5/c1-24-14-7-4-12(5-8-14)19-22-21-17(27-19)11-20-18(23)13-6-9-15(25-2)16(10-13)26-3/h4-10H,11H2,1-3H3,(H,20,23). The number of amides is 1.